The Morgan fingerprint density at radius 3 is 2.41 bits per heavy atom. The molecule has 0 saturated carbocycles. The summed E-state index contributed by atoms with van der Waals surface area (Å²) in [5, 5.41) is 0. The van der Waals surface area contributed by atoms with Crippen molar-refractivity contribution in [2.75, 3.05) is 13.7 Å². The highest BCUT2D eigenvalue weighted by atomic mass is 16.6. The van der Waals surface area contributed by atoms with E-state index in [2.05, 4.69) is 26.8 Å². The van der Waals surface area contributed by atoms with Crippen LogP contribution in [0.5, 0.6) is 0 Å². The van der Waals surface area contributed by atoms with Crippen molar-refractivity contribution in [2.45, 2.75) is 39.7 Å². The highest BCUT2D eigenvalue weighted by molar-refractivity contribution is 5.76. The van der Waals surface area contributed by atoms with E-state index in [4.69, 9.17) is 9.47 Å². The van der Waals surface area contributed by atoms with E-state index in [1.165, 1.54) is 18.3 Å². The van der Waals surface area contributed by atoms with Gasteiger partial charge in [0.1, 0.15) is 0 Å². The normalized spacial score (nSPS) is 12.6. The summed E-state index contributed by atoms with van der Waals surface area (Å²) < 4.78 is 10.5. The Labute approximate surface area is 133 Å². The minimum absolute atomic E-state index is 0.373. The number of hydrogen-bond donors (Lipinski definition) is 0. The molecule has 0 spiro atoms. The lowest BCUT2D eigenvalue weighted by atomic mass is 10.1. The van der Waals surface area contributed by atoms with Crippen molar-refractivity contribution in [1.29, 1.82) is 0 Å². The van der Waals surface area contributed by atoms with Crippen LogP contribution in [0.4, 0.5) is 0 Å². The Morgan fingerprint density at radius 2 is 1.82 bits per heavy atom. The summed E-state index contributed by atoms with van der Waals surface area (Å²) in [6, 6.07) is 9.41. The zero-order valence-corrected chi connectivity index (χ0v) is 14.0. The van der Waals surface area contributed by atoms with Crippen LogP contribution in [0.2, 0.25) is 0 Å². The van der Waals surface area contributed by atoms with E-state index in [1.54, 1.807) is 0 Å². The molecule has 0 aliphatic rings. The van der Waals surface area contributed by atoms with Gasteiger partial charge in [-0.3, -0.25) is 0 Å². The molecular formula is C19H26O3. The fourth-order valence-electron chi connectivity index (χ4n) is 2.01. The molecule has 3 heteroatoms. The van der Waals surface area contributed by atoms with Gasteiger partial charge in [-0.1, -0.05) is 53.6 Å². The number of methoxy groups -OCH3 is 1. The molecule has 0 aromatic heterocycles. The summed E-state index contributed by atoms with van der Waals surface area (Å²) in [5.74, 6) is -0.373. The fourth-order valence-corrected chi connectivity index (χ4v) is 2.01. The van der Waals surface area contributed by atoms with Gasteiger partial charge in [-0.25, -0.2) is 4.79 Å². The van der Waals surface area contributed by atoms with Crippen LogP contribution in [0.15, 0.2) is 53.6 Å². The second-order valence-electron chi connectivity index (χ2n) is 5.52. The van der Waals surface area contributed by atoms with Gasteiger partial charge in [0.25, 0.3) is 0 Å². The highest BCUT2D eigenvalue weighted by Gasteiger charge is 2.21. The molecule has 1 aromatic carbocycles. The Bertz CT molecular complexity index is 511. The quantitative estimate of drug-likeness (QED) is 0.519. The molecular weight excluding hydrogens is 276 g/mol. The number of rotatable bonds is 8. The van der Waals surface area contributed by atoms with Crippen LogP contribution in [0.3, 0.4) is 0 Å². The van der Waals surface area contributed by atoms with Gasteiger partial charge < -0.3 is 9.47 Å². The summed E-state index contributed by atoms with van der Waals surface area (Å²) in [5.41, 5.74) is 3.40. The highest BCUT2D eigenvalue weighted by Crippen LogP contribution is 2.19. The number of carbonyl (C=O) groups excluding carboxylic acids is 1. The van der Waals surface area contributed by atoms with Crippen LogP contribution in [0.1, 0.15) is 45.3 Å². The first-order valence-electron chi connectivity index (χ1n) is 7.58. The second-order valence-corrected chi connectivity index (χ2v) is 5.52. The van der Waals surface area contributed by atoms with Gasteiger partial charge in [0.2, 0.25) is 0 Å². The van der Waals surface area contributed by atoms with E-state index in [-0.39, 0.29) is 5.97 Å². The van der Waals surface area contributed by atoms with E-state index in [0.717, 1.165) is 18.4 Å². The van der Waals surface area contributed by atoms with E-state index >= 15 is 0 Å². The maximum absolute atomic E-state index is 11.9. The van der Waals surface area contributed by atoms with E-state index in [1.807, 2.05) is 36.4 Å². The lowest BCUT2D eigenvalue weighted by molar-refractivity contribution is -0.153. The van der Waals surface area contributed by atoms with Gasteiger partial charge in [-0.2, -0.15) is 0 Å². The van der Waals surface area contributed by atoms with Gasteiger partial charge in [-0.05, 0) is 39.2 Å². The molecule has 0 heterocycles. The Balaban J connectivity index is 2.57. The molecule has 0 aliphatic heterocycles. The van der Waals surface area contributed by atoms with Crippen LogP contribution >= 0.6 is 0 Å². The van der Waals surface area contributed by atoms with Crippen molar-refractivity contribution in [1.82, 2.24) is 0 Å². The first kappa shape index (κ1) is 18.2. The first-order valence-corrected chi connectivity index (χ1v) is 7.58. The molecule has 0 radical (unpaired) electrons. The van der Waals surface area contributed by atoms with Crippen molar-refractivity contribution in [2.24, 2.45) is 0 Å². The minimum Gasteiger partial charge on any atom is -0.467 e. The molecule has 120 valence electrons. The van der Waals surface area contributed by atoms with Crippen LogP contribution in [-0.4, -0.2) is 19.7 Å². The predicted molar refractivity (Wildman–Crippen MR) is 89.6 cm³/mol. The van der Waals surface area contributed by atoms with Crippen LogP contribution in [0, 0.1) is 0 Å². The fraction of sp³-hybridized carbons (Fsp3) is 0.421. The summed E-state index contributed by atoms with van der Waals surface area (Å²) in [6.07, 6.45) is 5.61. The van der Waals surface area contributed by atoms with Crippen molar-refractivity contribution >= 4 is 5.97 Å². The standard InChI is InChI=1S/C19H26O3/c1-15(2)9-8-10-16(3)13-14-22-18(19(20)21-4)17-11-6-5-7-12-17/h5-7,9,11-13,18H,8,10,14H2,1-4H3/b16-13-/t18-/m1/s1. The van der Waals surface area contributed by atoms with E-state index < -0.39 is 6.10 Å². The molecule has 1 rings (SSSR count). The van der Waals surface area contributed by atoms with Crippen LogP contribution in [-0.2, 0) is 14.3 Å². The van der Waals surface area contributed by atoms with E-state index in [9.17, 15) is 4.79 Å². The van der Waals surface area contributed by atoms with E-state index in [0.29, 0.717) is 6.61 Å². The van der Waals surface area contributed by atoms with Crippen molar-refractivity contribution in [3.05, 3.63) is 59.2 Å². The number of carbonyl (C=O) groups is 1. The zero-order chi connectivity index (χ0) is 16.4. The van der Waals surface area contributed by atoms with Gasteiger partial charge in [0.05, 0.1) is 13.7 Å². The molecule has 0 aliphatic carbocycles. The number of hydrogen-bond acceptors (Lipinski definition) is 3. The molecule has 0 amide bonds. The minimum atomic E-state index is -0.673. The van der Waals surface area contributed by atoms with Gasteiger partial charge in [-0.15, -0.1) is 0 Å². The molecule has 22 heavy (non-hydrogen) atoms. The number of benzene rings is 1. The topological polar surface area (TPSA) is 35.5 Å². The lowest BCUT2D eigenvalue weighted by Gasteiger charge is -2.15. The van der Waals surface area contributed by atoms with Crippen LogP contribution < -0.4 is 0 Å². The zero-order valence-electron chi connectivity index (χ0n) is 14.0. The molecule has 0 fully saturated rings. The van der Waals surface area contributed by atoms with Crippen LogP contribution in [0.25, 0.3) is 0 Å². The van der Waals surface area contributed by atoms with Crippen molar-refractivity contribution in [3.8, 4) is 0 Å². The first-order chi connectivity index (χ1) is 10.5. The monoisotopic (exact) mass is 302 g/mol. The summed E-state index contributed by atoms with van der Waals surface area (Å²) in [4.78, 5) is 11.9. The predicted octanol–water partition coefficient (Wildman–Crippen LogP) is 4.61. The summed E-state index contributed by atoms with van der Waals surface area (Å²) in [6.45, 7) is 6.68. The Hall–Kier alpha value is -1.87. The largest absolute Gasteiger partial charge is 0.467 e. The number of allylic oxidation sites excluding steroid dienone is 3. The lowest BCUT2D eigenvalue weighted by Crippen LogP contribution is -2.17. The third kappa shape index (κ3) is 6.72. The third-order valence-corrected chi connectivity index (χ3v) is 3.30. The SMILES string of the molecule is COC(=O)[C@H](OC/C=C(/C)CCC=C(C)C)c1ccccc1. The number of ether oxygens (including phenoxy) is 2. The van der Waals surface area contributed by atoms with Crippen molar-refractivity contribution < 1.29 is 14.3 Å². The molecule has 0 N–H and O–H groups in total. The molecule has 1 aromatic rings. The molecule has 0 saturated heterocycles. The maximum atomic E-state index is 11.9. The smallest absolute Gasteiger partial charge is 0.339 e. The average Bonchev–Trinajstić information content (AvgIpc) is 2.51. The summed E-state index contributed by atoms with van der Waals surface area (Å²) in [7, 11) is 1.38. The second kappa shape index (κ2) is 9.96. The Morgan fingerprint density at radius 1 is 1.14 bits per heavy atom. The average molecular weight is 302 g/mol. The maximum Gasteiger partial charge on any atom is 0.339 e. The van der Waals surface area contributed by atoms with Gasteiger partial charge in [0.15, 0.2) is 6.10 Å². The third-order valence-electron chi connectivity index (χ3n) is 3.30. The molecule has 1 atom stereocenters. The molecule has 3 nitrogen and oxygen atoms in total. The summed E-state index contributed by atoms with van der Waals surface area (Å²) >= 11 is 0. The van der Waals surface area contributed by atoms with Gasteiger partial charge in [0, 0.05) is 0 Å². The molecule has 0 unspecified atom stereocenters. The Kier molecular flexibility index (Phi) is 8.23. The number of esters is 1. The van der Waals surface area contributed by atoms with Crippen molar-refractivity contribution in [3.63, 3.8) is 0 Å². The molecule has 0 bridgehead atoms. The van der Waals surface area contributed by atoms with Gasteiger partial charge >= 0.3 is 5.97 Å².